The average molecular weight is 492 g/mol. The van der Waals surface area contributed by atoms with Crippen LogP contribution in [-0.2, 0) is 16.0 Å². The molecule has 0 unspecified atom stereocenters. The molecule has 1 aliphatic heterocycles. The molecular formula is C25H18ClN3O6. The summed E-state index contributed by atoms with van der Waals surface area (Å²) in [4.78, 5) is 49.7. The molecule has 3 aromatic carbocycles. The van der Waals surface area contributed by atoms with Crippen LogP contribution in [0.4, 0.5) is 17.1 Å². The standard InChI is InChI=1S/C25H18ClN3O6/c1-2-15-7-3-4-8-18(15)28-23(30)21(26)22(24(28)31)27-17-13-11-16(12-14-17)25(32)35-20-10-6-5-9-19(20)29(33)34/h3-14,27H,2H2,1H3. The first-order valence-corrected chi connectivity index (χ1v) is 10.9. The first-order valence-electron chi connectivity index (χ1n) is 10.5. The van der Waals surface area contributed by atoms with Gasteiger partial charge in [-0.15, -0.1) is 0 Å². The number of nitrogens with one attached hydrogen (secondary N) is 1. The third kappa shape index (κ3) is 4.62. The van der Waals surface area contributed by atoms with Crippen molar-refractivity contribution in [3.63, 3.8) is 0 Å². The van der Waals surface area contributed by atoms with Gasteiger partial charge in [-0.05, 0) is 48.4 Å². The van der Waals surface area contributed by atoms with E-state index in [4.69, 9.17) is 16.3 Å². The van der Waals surface area contributed by atoms with Crippen LogP contribution in [0.15, 0.2) is 83.5 Å². The molecule has 9 nitrogen and oxygen atoms in total. The SMILES string of the molecule is CCc1ccccc1N1C(=O)C(Cl)=C(Nc2ccc(C(=O)Oc3ccccc3[N+](=O)[O-])cc2)C1=O. The van der Waals surface area contributed by atoms with E-state index >= 15 is 0 Å². The van der Waals surface area contributed by atoms with Gasteiger partial charge in [-0.2, -0.15) is 0 Å². The van der Waals surface area contributed by atoms with Gasteiger partial charge in [0.1, 0.15) is 10.7 Å². The molecule has 176 valence electrons. The zero-order valence-corrected chi connectivity index (χ0v) is 19.1. The van der Waals surface area contributed by atoms with Gasteiger partial charge in [0.2, 0.25) is 5.75 Å². The van der Waals surface area contributed by atoms with Crippen molar-refractivity contribution in [3.8, 4) is 5.75 Å². The number of ether oxygens (including phenoxy) is 1. The minimum Gasteiger partial charge on any atom is -0.416 e. The summed E-state index contributed by atoms with van der Waals surface area (Å²) in [6.07, 6.45) is 0.622. The maximum Gasteiger partial charge on any atom is 0.343 e. The summed E-state index contributed by atoms with van der Waals surface area (Å²) in [6.45, 7) is 1.92. The molecule has 2 amide bonds. The highest BCUT2D eigenvalue weighted by molar-refractivity contribution is 6.53. The number of benzene rings is 3. The van der Waals surface area contributed by atoms with Gasteiger partial charge in [-0.3, -0.25) is 19.7 Å². The highest BCUT2D eigenvalue weighted by atomic mass is 35.5. The maximum absolute atomic E-state index is 13.0. The Balaban J connectivity index is 1.51. The fourth-order valence-corrected chi connectivity index (χ4v) is 3.76. The third-order valence-corrected chi connectivity index (χ3v) is 5.65. The first kappa shape index (κ1) is 23.7. The van der Waals surface area contributed by atoms with Gasteiger partial charge in [-0.25, -0.2) is 9.69 Å². The summed E-state index contributed by atoms with van der Waals surface area (Å²) in [6, 6.07) is 18.4. The molecule has 0 saturated carbocycles. The van der Waals surface area contributed by atoms with Crippen LogP contribution >= 0.6 is 11.6 Å². The van der Waals surface area contributed by atoms with Gasteiger partial charge in [0.25, 0.3) is 11.8 Å². The quantitative estimate of drug-likeness (QED) is 0.165. The number of carbonyl (C=O) groups excluding carboxylic acids is 3. The molecule has 1 heterocycles. The lowest BCUT2D eigenvalue weighted by molar-refractivity contribution is -0.385. The van der Waals surface area contributed by atoms with Crippen molar-refractivity contribution in [2.24, 2.45) is 0 Å². The van der Waals surface area contributed by atoms with Crippen LogP contribution < -0.4 is 15.0 Å². The van der Waals surface area contributed by atoms with Gasteiger partial charge >= 0.3 is 11.7 Å². The van der Waals surface area contributed by atoms with Crippen molar-refractivity contribution < 1.29 is 24.0 Å². The summed E-state index contributed by atoms with van der Waals surface area (Å²) >= 11 is 6.20. The topological polar surface area (TPSA) is 119 Å². The monoisotopic (exact) mass is 491 g/mol. The smallest absolute Gasteiger partial charge is 0.343 e. The van der Waals surface area contributed by atoms with Crippen LogP contribution in [-0.4, -0.2) is 22.7 Å². The van der Waals surface area contributed by atoms with Crippen LogP contribution in [0, 0.1) is 10.1 Å². The van der Waals surface area contributed by atoms with E-state index in [-0.39, 0.29) is 27.7 Å². The molecule has 0 atom stereocenters. The van der Waals surface area contributed by atoms with Crippen molar-refractivity contribution in [1.29, 1.82) is 0 Å². The van der Waals surface area contributed by atoms with Crippen molar-refractivity contribution in [2.45, 2.75) is 13.3 Å². The number of para-hydroxylation sites is 3. The van der Waals surface area contributed by atoms with E-state index in [9.17, 15) is 24.5 Å². The lowest BCUT2D eigenvalue weighted by atomic mass is 10.1. The Morgan fingerprint density at radius 1 is 1.00 bits per heavy atom. The Labute approximate surface area is 204 Å². The number of nitro benzene ring substituents is 1. The van der Waals surface area contributed by atoms with E-state index in [1.807, 2.05) is 19.1 Å². The van der Waals surface area contributed by atoms with Gasteiger partial charge in [0.05, 0.1) is 16.2 Å². The average Bonchev–Trinajstić information content (AvgIpc) is 3.07. The van der Waals surface area contributed by atoms with Crippen LogP contribution in [0.2, 0.25) is 0 Å². The Morgan fingerprint density at radius 2 is 1.66 bits per heavy atom. The Kier molecular flexibility index (Phi) is 6.61. The summed E-state index contributed by atoms with van der Waals surface area (Å²) in [5, 5.41) is 13.7. The predicted octanol–water partition coefficient (Wildman–Crippen LogP) is 4.81. The maximum atomic E-state index is 13.0. The number of carbonyl (C=O) groups is 3. The van der Waals surface area contributed by atoms with Crippen molar-refractivity contribution in [1.82, 2.24) is 0 Å². The summed E-state index contributed by atoms with van der Waals surface area (Å²) < 4.78 is 5.16. The van der Waals surface area contributed by atoms with E-state index in [0.717, 1.165) is 10.5 Å². The van der Waals surface area contributed by atoms with Crippen molar-refractivity contribution in [3.05, 3.63) is 105 Å². The van der Waals surface area contributed by atoms with Crippen LogP contribution in [0.5, 0.6) is 5.75 Å². The fourth-order valence-electron chi connectivity index (χ4n) is 3.55. The Bertz CT molecular complexity index is 1380. The van der Waals surface area contributed by atoms with E-state index in [0.29, 0.717) is 17.8 Å². The number of rotatable bonds is 7. The molecule has 3 aromatic rings. The molecule has 0 spiro atoms. The lowest BCUT2D eigenvalue weighted by Gasteiger charge is -2.18. The first-order chi connectivity index (χ1) is 16.8. The predicted molar refractivity (Wildman–Crippen MR) is 129 cm³/mol. The molecule has 0 aromatic heterocycles. The molecule has 0 fully saturated rings. The molecule has 0 saturated heterocycles. The molecule has 0 bridgehead atoms. The summed E-state index contributed by atoms with van der Waals surface area (Å²) in [5.41, 5.74) is 1.39. The van der Waals surface area contributed by atoms with E-state index < -0.39 is 22.7 Å². The second kappa shape index (κ2) is 9.78. The van der Waals surface area contributed by atoms with Crippen LogP contribution in [0.1, 0.15) is 22.8 Å². The van der Waals surface area contributed by atoms with E-state index in [2.05, 4.69) is 5.32 Å². The minimum atomic E-state index is -0.794. The number of aryl methyl sites for hydroxylation is 1. The number of anilines is 2. The Morgan fingerprint density at radius 3 is 2.34 bits per heavy atom. The highest BCUT2D eigenvalue weighted by Gasteiger charge is 2.39. The highest BCUT2D eigenvalue weighted by Crippen LogP contribution is 2.32. The number of halogens is 1. The molecule has 1 aliphatic rings. The van der Waals surface area contributed by atoms with Crippen LogP contribution in [0.3, 0.4) is 0 Å². The number of nitro groups is 1. The molecule has 4 rings (SSSR count). The summed E-state index contributed by atoms with van der Waals surface area (Å²) in [7, 11) is 0. The van der Waals surface area contributed by atoms with E-state index in [1.165, 1.54) is 48.5 Å². The number of amides is 2. The minimum absolute atomic E-state index is 0.0854. The third-order valence-electron chi connectivity index (χ3n) is 5.30. The van der Waals surface area contributed by atoms with E-state index in [1.54, 1.807) is 12.1 Å². The van der Waals surface area contributed by atoms with Crippen LogP contribution in [0.25, 0.3) is 0 Å². The normalized spacial score (nSPS) is 13.3. The van der Waals surface area contributed by atoms with Crippen molar-refractivity contribution in [2.75, 3.05) is 10.2 Å². The zero-order valence-electron chi connectivity index (χ0n) is 18.4. The number of nitrogens with zero attached hydrogens (tertiary/aromatic N) is 2. The molecule has 10 heteroatoms. The molecule has 35 heavy (non-hydrogen) atoms. The number of esters is 1. The Hall–Kier alpha value is -4.50. The molecular weight excluding hydrogens is 474 g/mol. The molecule has 1 N–H and O–H groups in total. The van der Waals surface area contributed by atoms with Gasteiger partial charge in [0.15, 0.2) is 0 Å². The van der Waals surface area contributed by atoms with Gasteiger partial charge < -0.3 is 10.1 Å². The lowest BCUT2D eigenvalue weighted by Crippen LogP contribution is -2.33. The molecule has 0 aliphatic carbocycles. The largest absolute Gasteiger partial charge is 0.416 e. The fraction of sp³-hybridized carbons (Fsp3) is 0.0800. The number of hydrogen-bond donors (Lipinski definition) is 1. The molecule has 0 radical (unpaired) electrons. The second-order valence-corrected chi connectivity index (χ2v) is 7.81. The zero-order chi connectivity index (χ0) is 25.1. The number of hydrogen-bond acceptors (Lipinski definition) is 7. The van der Waals surface area contributed by atoms with Crippen molar-refractivity contribution >= 4 is 46.4 Å². The van der Waals surface area contributed by atoms with Gasteiger partial charge in [-0.1, -0.05) is 48.9 Å². The number of imide groups is 1. The second-order valence-electron chi connectivity index (χ2n) is 7.43. The summed E-state index contributed by atoms with van der Waals surface area (Å²) in [5.74, 6) is -2.20. The van der Waals surface area contributed by atoms with Gasteiger partial charge in [0, 0.05) is 11.8 Å².